The highest BCUT2D eigenvalue weighted by Crippen LogP contribution is 2.40. The third-order valence-electron chi connectivity index (χ3n) is 4.51. The Balaban J connectivity index is 2.10. The molecule has 0 aliphatic heterocycles. The molecule has 122 valence electrons. The molecule has 0 unspecified atom stereocenters. The minimum Gasteiger partial charge on any atom is -0.207 e. The Labute approximate surface area is 145 Å². The van der Waals surface area contributed by atoms with Gasteiger partial charge >= 0.3 is 0 Å². The molecule has 0 aromatic heterocycles. The van der Waals surface area contributed by atoms with Crippen molar-refractivity contribution in [1.82, 2.24) is 0 Å². The summed E-state index contributed by atoms with van der Waals surface area (Å²) in [7, 11) is 0. The Hall–Kier alpha value is -3.00. The molecule has 0 radical (unpaired) electrons. The maximum atomic E-state index is 13.4. The van der Waals surface area contributed by atoms with Gasteiger partial charge in [0, 0.05) is 0 Å². The van der Waals surface area contributed by atoms with E-state index in [1.165, 1.54) is 24.3 Å². The van der Waals surface area contributed by atoms with Crippen molar-refractivity contribution in [1.29, 1.82) is 0 Å². The van der Waals surface area contributed by atoms with E-state index in [0.29, 0.717) is 0 Å². The van der Waals surface area contributed by atoms with Crippen LogP contribution >= 0.6 is 0 Å². The Morgan fingerprint density at radius 2 is 1.12 bits per heavy atom. The highest BCUT2D eigenvalue weighted by atomic mass is 19.1. The fourth-order valence-corrected chi connectivity index (χ4v) is 3.39. The van der Waals surface area contributed by atoms with Gasteiger partial charge in [-0.25, -0.2) is 8.78 Å². The number of rotatable bonds is 2. The van der Waals surface area contributed by atoms with E-state index in [-0.39, 0.29) is 11.6 Å². The molecule has 0 aliphatic rings. The van der Waals surface area contributed by atoms with E-state index in [4.69, 9.17) is 0 Å². The molecule has 0 atom stereocenters. The van der Waals surface area contributed by atoms with Crippen LogP contribution in [-0.4, -0.2) is 0 Å². The van der Waals surface area contributed by atoms with Gasteiger partial charge in [-0.15, -0.1) is 0 Å². The van der Waals surface area contributed by atoms with Crippen molar-refractivity contribution in [2.75, 3.05) is 0 Å². The van der Waals surface area contributed by atoms with Crippen LogP contribution in [0.15, 0.2) is 78.9 Å². The minimum absolute atomic E-state index is 0.259. The van der Waals surface area contributed by atoms with E-state index in [1.54, 1.807) is 24.3 Å². The molecule has 0 bridgehead atoms. The number of aryl methyl sites for hydroxylation is 1. The largest absolute Gasteiger partial charge is 0.207 e. The van der Waals surface area contributed by atoms with E-state index in [1.807, 2.05) is 12.1 Å². The average Bonchev–Trinajstić information content (AvgIpc) is 2.62. The van der Waals surface area contributed by atoms with Crippen molar-refractivity contribution in [3.05, 3.63) is 96.1 Å². The van der Waals surface area contributed by atoms with Crippen LogP contribution in [0.25, 0.3) is 33.0 Å². The molecule has 0 nitrogen and oxygen atoms in total. The third-order valence-corrected chi connectivity index (χ3v) is 4.51. The molecule has 4 aromatic rings. The van der Waals surface area contributed by atoms with Crippen molar-refractivity contribution in [3.8, 4) is 22.3 Å². The van der Waals surface area contributed by atoms with Gasteiger partial charge in [0.15, 0.2) is 0 Å². The highest BCUT2D eigenvalue weighted by molar-refractivity contribution is 6.05. The third kappa shape index (κ3) is 2.80. The first-order chi connectivity index (χ1) is 12.1. The number of benzene rings is 4. The van der Waals surface area contributed by atoms with Gasteiger partial charge in [0.25, 0.3) is 0 Å². The molecule has 0 saturated heterocycles. The lowest BCUT2D eigenvalue weighted by Gasteiger charge is -2.17. The zero-order chi connectivity index (χ0) is 17.4. The van der Waals surface area contributed by atoms with E-state index in [2.05, 4.69) is 25.1 Å². The predicted molar refractivity (Wildman–Crippen MR) is 99.5 cm³/mol. The molecule has 0 fully saturated rings. The summed E-state index contributed by atoms with van der Waals surface area (Å²) in [6, 6.07) is 23.4. The molecular formula is C23H16F2. The van der Waals surface area contributed by atoms with E-state index < -0.39 is 0 Å². The summed E-state index contributed by atoms with van der Waals surface area (Å²) in [6.07, 6.45) is 0. The van der Waals surface area contributed by atoms with Gasteiger partial charge in [0.1, 0.15) is 11.6 Å². The molecule has 0 aliphatic carbocycles. The smallest absolute Gasteiger partial charge is 0.123 e. The van der Waals surface area contributed by atoms with Crippen LogP contribution < -0.4 is 0 Å². The first kappa shape index (κ1) is 15.5. The molecule has 0 saturated carbocycles. The van der Waals surface area contributed by atoms with Crippen molar-refractivity contribution in [2.45, 2.75) is 6.92 Å². The monoisotopic (exact) mass is 330 g/mol. The summed E-state index contributed by atoms with van der Waals surface area (Å²) in [6.45, 7) is 2.05. The van der Waals surface area contributed by atoms with Gasteiger partial charge in [0.2, 0.25) is 0 Å². The normalized spacial score (nSPS) is 11.0. The lowest BCUT2D eigenvalue weighted by atomic mass is 9.86. The molecule has 4 rings (SSSR count). The van der Waals surface area contributed by atoms with E-state index in [9.17, 15) is 8.78 Å². The number of halogens is 2. The second kappa shape index (κ2) is 6.14. The van der Waals surface area contributed by atoms with Gasteiger partial charge in [-0.3, -0.25) is 0 Å². The Kier molecular flexibility index (Phi) is 3.81. The van der Waals surface area contributed by atoms with Crippen LogP contribution in [0.5, 0.6) is 0 Å². The highest BCUT2D eigenvalue weighted by Gasteiger charge is 2.15. The first-order valence-electron chi connectivity index (χ1n) is 8.18. The van der Waals surface area contributed by atoms with Crippen LogP contribution in [-0.2, 0) is 0 Å². The fourth-order valence-electron chi connectivity index (χ4n) is 3.39. The summed E-state index contributed by atoms with van der Waals surface area (Å²) in [5, 5.41) is 2.23. The van der Waals surface area contributed by atoms with Gasteiger partial charge < -0.3 is 0 Å². The first-order valence-corrected chi connectivity index (χ1v) is 8.18. The maximum Gasteiger partial charge on any atom is 0.123 e. The molecule has 25 heavy (non-hydrogen) atoms. The number of hydrogen-bond acceptors (Lipinski definition) is 0. The van der Waals surface area contributed by atoms with Crippen molar-refractivity contribution in [2.24, 2.45) is 0 Å². The van der Waals surface area contributed by atoms with E-state index >= 15 is 0 Å². The lowest BCUT2D eigenvalue weighted by Crippen LogP contribution is -1.92. The maximum absolute atomic E-state index is 13.4. The van der Waals surface area contributed by atoms with Crippen LogP contribution in [0, 0.1) is 18.6 Å². The predicted octanol–water partition coefficient (Wildman–Crippen LogP) is 6.76. The minimum atomic E-state index is -0.260. The van der Waals surface area contributed by atoms with Crippen LogP contribution in [0.4, 0.5) is 8.78 Å². The molecular weight excluding hydrogens is 314 g/mol. The zero-order valence-electron chi connectivity index (χ0n) is 13.8. The van der Waals surface area contributed by atoms with Crippen molar-refractivity contribution in [3.63, 3.8) is 0 Å². The lowest BCUT2D eigenvalue weighted by molar-refractivity contribution is 0.627. The zero-order valence-corrected chi connectivity index (χ0v) is 13.8. The van der Waals surface area contributed by atoms with Crippen molar-refractivity contribution >= 4 is 10.8 Å². The summed E-state index contributed by atoms with van der Waals surface area (Å²) < 4.78 is 26.8. The van der Waals surface area contributed by atoms with Gasteiger partial charge in [-0.1, -0.05) is 54.6 Å². The van der Waals surface area contributed by atoms with E-state index in [0.717, 1.165) is 38.6 Å². The molecule has 4 aromatic carbocycles. The summed E-state index contributed by atoms with van der Waals surface area (Å²) in [5.41, 5.74) is 5.08. The van der Waals surface area contributed by atoms with Gasteiger partial charge in [-0.2, -0.15) is 0 Å². The molecule has 0 heterocycles. The SMILES string of the molecule is Cc1cc2ccccc2c(-c2ccc(F)cc2)c1-c1ccc(F)cc1. The second-order valence-electron chi connectivity index (χ2n) is 6.18. The second-order valence-corrected chi connectivity index (χ2v) is 6.18. The average molecular weight is 330 g/mol. The topological polar surface area (TPSA) is 0 Å². The van der Waals surface area contributed by atoms with Crippen LogP contribution in [0.3, 0.4) is 0 Å². The van der Waals surface area contributed by atoms with Gasteiger partial charge in [0.05, 0.1) is 0 Å². The summed E-state index contributed by atoms with van der Waals surface area (Å²) >= 11 is 0. The number of hydrogen-bond donors (Lipinski definition) is 0. The molecule has 2 heteroatoms. The molecule has 0 spiro atoms. The van der Waals surface area contributed by atoms with Crippen molar-refractivity contribution < 1.29 is 8.78 Å². The Bertz CT molecular complexity index is 1050. The Morgan fingerprint density at radius 3 is 1.72 bits per heavy atom. The van der Waals surface area contributed by atoms with Gasteiger partial charge in [-0.05, 0) is 69.8 Å². The standard InChI is InChI=1S/C23H16F2/c1-15-14-18-4-2-3-5-21(18)23(17-8-12-20(25)13-9-17)22(15)16-6-10-19(24)11-7-16/h2-14H,1H3. The quantitative estimate of drug-likeness (QED) is 0.381. The summed E-state index contributed by atoms with van der Waals surface area (Å²) in [4.78, 5) is 0. The molecule has 0 N–H and O–H groups in total. The fraction of sp³-hybridized carbons (Fsp3) is 0.0435. The number of fused-ring (bicyclic) bond motifs is 1. The van der Waals surface area contributed by atoms with Crippen LogP contribution in [0.2, 0.25) is 0 Å². The summed E-state index contributed by atoms with van der Waals surface area (Å²) in [5.74, 6) is -0.519. The van der Waals surface area contributed by atoms with Crippen LogP contribution in [0.1, 0.15) is 5.56 Å². The molecule has 0 amide bonds. The Morgan fingerprint density at radius 1 is 0.600 bits per heavy atom.